The van der Waals surface area contributed by atoms with Gasteiger partial charge in [-0.2, -0.15) is 9.97 Å². The second kappa shape index (κ2) is 45.6. The van der Waals surface area contributed by atoms with Crippen molar-refractivity contribution in [2.45, 2.75) is 219 Å². The maximum absolute atomic E-state index is 14.8. The number of phosphoric acid groups is 3. The molecule has 0 aliphatic carbocycles. The number of H-pyrrole nitrogens is 2. The molecule has 8 N–H and O–H groups in total. The molecular weight excluding hydrogens is 2160 g/mol. The minimum atomic E-state index is -5.17. The van der Waals surface area contributed by atoms with E-state index in [2.05, 4.69) is 128 Å². The van der Waals surface area contributed by atoms with Crippen LogP contribution in [0.15, 0.2) is 108 Å². The van der Waals surface area contributed by atoms with Gasteiger partial charge in [0, 0.05) is 73.0 Å². The smallest absolute Gasteiger partial charge is 0.408 e. The molecule has 4 bridgehead atoms. The molecule has 49 nitrogen and oxygen atoms in total. The van der Waals surface area contributed by atoms with Crippen molar-refractivity contribution in [3.8, 4) is 0 Å². The Kier molecular flexibility index (Phi) is 35.8. The van der Waals surface area contributed by atoms with Crippen LogP contribution in [0.1, 0.15) is 143 Å². The van der Waals surface area contributed by atoms with E-state index in [1.165, 1.54) is 51.7 Å². The Morgan fingerprint density at radius 3 is 1.33 bits per heavy atom. The molecule has 6 aliphatic heterocycles. The number of anilines is 4. The highest BCUT2D eigenvalue weighted by Gasteiger charge is 2.59. The molecule has 139 heavy (non-hydrogen) atoms. The van der Waals surface area contributed by atoms with Gasteiger partial charge in [-0.3, -0.25) is 104 Å². The zero-order valence-corrected chi connectivity index (χ0v) is 86.2. The number of imidazole rings is 4. The van der Waals surface area contributed by atoms with Crippen LogP contribution in [0.25, 0.3) is 54.3 Å². The first-order valence-corrected chi connectivity index (χ1v) is 60.7. The first kappa shape index (κ1) is 109. The van der Waals surface area contributed by atoms with Crippen LogP contribution in [0.5, 0.6) is 0 Å². The van der Waals surface area contributed by atoms with Crippen molar-refractivity contribution in [2.75, 3.05) is 74.0 Å². The summed E-state index contributed by atoms with van der Waals surface area (Å²) >= 11 is 4.24. The summed E-state index contributed by atoms with van der Waals surface area (Å²) in [6.45, 7) is 38.1. The van der Waals surface area contributed by atoms with E-state index in [9.17, 15) is 52.2 Å². The number of hydrogen-bond donors (Lipinski definition) is 8. The van der Waals surface area contributed by atoms with Gasteiger partial charge in [0.25, 0.3) is 22.9 Å². The molecule has 2 aromatic carbocycles. The van der Waals surface area contributed by atoms with E-state index in [1.807, 2.05) is 67.7 Å². The van der Waals surface area contributed by atoms with Gasteiger partial charge in [0.1, 0.15) is 99.4 Å². The van der Waals surface area contributed by atoms with Gasteiger partial charge in [0.05, 0.1) is 51.7 Å². The Labute approximate surface area is 824 Å². The maximum atomic E-state index is 14.8. The Bertz CT molecular complexity index is 6420. The first-order valence-electron chi connectivity index (χ1n) is 43.0. The Morgan fingerprint density at radius 2 is 0.921 bits per heavy atom. The van der Waals surface area contributed by atoms with Gasteiger partial charge in [-0.15, -0.1) is 0 Å². The second-order valence-corrected chi connectivity index (χ2v) is 50.8. The van der Waals surface area contributed by atoms with Crippen molar-refractivity contribution < 1.29 is 116 Å². The van der Waals surface area contributed by atoms with E-state index in [0.717, 1.165) is 0 Å². The standard InChI is InChI=1S/C40H51N11O14P2Si.C40H51N11O13P2Si.2CH4.I2/c1-22(2)35(52)48-39-47-34-29(37(54)49-39)45-21-51(34)38-31-30(65-68(7,8)40(3,4)5)26(62-38)18-60-67(57,58-15-14-41-6)63-24-16-27(61-25(24)17-59-66(55,56)64-31)50-20-44-28-32(42-19-43-33(28)50)46-36(53)23-12-10-9-11-13-23;1-22(2)35(52)48-39-47-34-29(37(54)49-39)45-21-51(34)38-31-30(64-67(7,8)40(3,4)5)26(61-38)18-59-66(56,58-15-14-41-6)63-24-16-27(60-25(24)17-57-65(55)62-31)50-20-44-28-32(42-19-43-33(28)50)46-36(53)23-12-10-9-11-13-23;;;1-2/h9-13,19-22,24-27,30-31,38H,14-18H2,1-5,7-8H3,(H,55,56)(H,42,43,46,53)(H2,47,48,49,52,54);9-13,19-22,24-27,30-31,38,55H,14-18H2,1-5,7-8H3,(H,42,43,46,53)(H2,47,48,49,52,54);2*1H4;/t24-,25+,26+,27+,30+,31+,38+,67?;24-,25+,26+,27+,30+,31+,38+,65?,66?;;;/m00.../s1. The third-order valence-corrected chi connectivity index (χ3v) is 37.4. The normalized spacial score (nSPS) is 26.9. The number of ether oxygens (including phenoxy) is 4. The van der Waals surface area contributed by atoms with Crippen molar-refractivity contribution >= 4 is 178 Å². The molecule has 10 aromatic rings. The average Bonchev–Trinajstić information content (AvgIpc) is 1.57. The number of aromatic nitrogens is 16. The summed E-state index contributed by atoms with van der Waals surface area (Å²) in [5.41, 5.74) is 0.112. The minimum absolute atomic E-state index is 0. The van der Waals surface area contributed by atoms with Gasteiger partial charge in [0.15, 0.2) is 85.4 Å². The predicted molar refractivity (Wildman–Crippen MR) is 526 cm³/mol. The summed E-state index contributed by atoms with van der Waals surface area (Å²) in [4.78, 5) is 156. The topological polar surface area (TPSA) is 579 Å². The molecule has 8 aromatic heterocycles. The summed E-state index contributed by atoms with van der Waals surface area (Å²) in [6.07, 6.45) is -8.72. The molecule has 4 unspecified atom stereocenters. The van der Waals surface area contributed by atoms with E-state index in [1.54, 1.807) is 92.9 Å². The summed E-state index contributed by atoms with van der Waals surface area (Å²) in [5.74, 6) is -2.63. The Balaban J connectivity index is 0.000000241. The number of fused-ring (bicyclic) bond motifs is 10. The average molecular weight is 2270 g/mol. The number of phosphoric ester groups is 3. The number of carbonyl (C=O) groups excluding carboxylic acids is 4. The van der Waals surface area contributed by atoms with Crippen molar-refractivity contribution in [1.29, 1.82) is 0 Å². The fourth-order valence-electron chi connectivity index (χ4n) is 14.5. The summed E-state index contributed by atoms with van der Waals surface area (Å²) < 4.78 is 150. The molecule has 4 amide bonds. The number of aromatic amines is 2. The third-order valence-electron chi connectivity index (χ3n) is 23.7. The fraction of sp³-hybridized carbons (Fsp3) is 0.537. The van der Waals surface area contributed by atoms with Crippen molar-refractivity contribution in [3.63, 3.8) is 0 Å². The van der Waals surface area contributed by atoms with Gasteiger partial charge < -0.3 is 67.0 Å². The predicted octanol–water partition coefficient (Wildman–Crippen LogP) is 13.8. The van der Waals surface area contributed by atoms with Gasteiger partial charge in [0.2, 0.25) is 36.8 Å². The van der Waals surface area contributed by atoms with Crippen LogP contribution < -0.4 is 32.4 Å². The number of nitrogens with one attached hydrogen (secondary N) is 6. The molecule has 6 fully saturated rings. The fourth-order valence-corrected chi connectivity index (χ4v) is 21.6. The second-order valence-electron chi connectivity index (χ2n) is 35.7. The summed E-state index contributed by atoms with van der Waals surface area (Å²) in [7, 11) is -22.8. The van der Waals surface area contributed by atoms with Crippen molar-refractivity contribution in [2.24, 2.45) is 11.8 Å². The number of amides is 4. The van der Waals surface area contributed by atoms with Crippen LogP contribution in [-0.2, 0) is 96.3 Å². The van der Waals surface area contributed by atoms with Crippen LogP contribution in [0.4, 0.5) is 23.5 Å². The molecule has 752 valence electrons. The number of nitrogens with zero attached hydrogens (tertiary/aromatic N) is 16. The molecule has 6 saturated heterocycles. The highest BCUT2D eigenvalue weighted by molar-refractivity contribution is 15.0. The third kappa shape index (κ3) is 25.1. The quantitative estimate of drug-likeness (QED) is 0.0103. The highest BCUT2D eigenvalue weighted by atomic mass is 128. The van der Waals surface area contributed by atoms with Crippen LogP contribution >= 0.6 is 69.3 Å². The van der Waals surface area contributed by atoms with E-state index in [-0.39, 0.29) is 128 Å². The lowest BCUT2D eigenvalue weighted by atomic mass is 10.1. The van der Waals surface area contributed by atoms with Crippen LogP contribution in [0.2, 0.25) is 36.3 Å². The number of halogens is 2. The van der Waals surface area contributed by atoms with E-state index in [4.69, 9.17) is 86.2 Å². The van der Waals surface area contributed by atoms with Crippen molar-refractivity contribution in [3.05, 3.63) is 153 Å². The van der Waals surface area contributed by atoms with Crippen LogP contribution in [-0.4, -0.2) is 242 Å². The molecule has 57 heteroatoms. The molecule has 0 spiro atoms. The van der Waals surface area contributed by atoms with Crippen LogP contribution in [0, 0.1) is 25.0 Å². The summed E-state index contributed by atoms with van der Waals surface area (Å²) in [6, 6.07) is 17.1. The van der Waals surface area contributed by atoms with E-state index in [0.29, 0.717) is 16.8 Å². The van der Waals surface area contributed by atoms with Gasteiger partial charge >= 0.3 is 32.1 Å². The molecule has 6 aliphatic rings. The lowest BCUT2D eigenvalue weighted by molar-refractivity contribution is -0.119. The van der Waals surface area contributed by atoms with Gasteiger partial charge in [-0.25, -0.2) is 66.7 Å². The minimum Gasteiger partial charge on any atom is -0.408 e. The number of benzene rings is 2. The molecular formula is C82H110I2N22O27P4Si2. The van der Waals surface area contributed by atoms with Gasteiger partial charge in [-0.1, -0.05) is 120 Å². The highest BCUT2D eigenvalue weighted by Crippen LogP contribution is 2.59. The maximum Gasteiger partial charge on any atom is 0.475 e. The van der Waals surface area contributed by atoms with Crippen molar-refractivity contribution in [1.82, 2.24) is 78.1 Å². The van der Waals surface area contributed by atoms with E-state index < -0.39 is 206 Å². The molecule has 0 saturated carbocycles. The molecule has 16 rings (SSSR count). The van der Waals surface area contributed by atoms with E-state index >= 15 is 0 Å². The first-order chi connectivity index (χ1) is 65.0. The SMILES string of the molecule is C.C.II.[C-]#[N+]CCOP1(=O)OC[C@H]2O[C@@H](n3cnc4c(=O)[nH]c(NC(=O)C(C)C)nc43)[C@H](OP(=O)(O)OC[C@H]3O[C@@H](n4cnc5c(NC(=O)c6ccccc6)ncnc54)C[C@@H]3O1)[C@@H]2O[Si](C)(C)C(C)(C)C.[C-]#[N+]CCOP1(=O)OC[C@H]2O[C@@H](n3cnc4c(=O)[nH]c(NC(=O)C(C)C)nc43)[C@H](OP(O)OC[C@H]3O[C@@H](n4cnc5c(NC(=O)c6ccccc6)ncnc54)C[C@@H]3O1)[C@@H]2O[Si](C)(C)C(C)(C)C. The van der Waals surface area contributed by atoms with Gasteiger partial charge in [-0.05, 0) is 60.5 Å². The summed E-state index contributed by atoms with van der Waals surface area (Å²) in [5, 5.41) is 9.91. The zero-order chi connectivity index (χ0) is 98.6. The zero-order valence-electron chi connectivity index (χ0n) is 76.3. The molecule has 0 radical (unpaired) electrons. The lowest BCUT2D eigenvalue weighted by Gasteiger charge is -2.40. The number of hydrogen-bond acceptors (Lipinski definition) is 36. The Hall–Kier alpha value is -8.61. The Morgan fingerprint density at radius 1 is 0.532 bits per heavy atom. The number of rotatable bonds is 22. The molecule has 14 heterocycles. The monoisotopic (exact) mass is 2270 g/mol. The van der Waals surface area contributed by atoms with Crippen LogP contribution in [0.3, 0.4) is 0 Å². The lowest BCUT2D eigenvalue weighted by Crippen LogP contribution is -2.50. The largest absolute Gasteiger partial charge is 0.475 e. The number of carbonyl (C=O) groups is 4. The molecule has 18 atom stereocenters.